The highest BCUT2D eigenvalue weighted by Gasteiger charge is 2.45. The molecule has 1 aliphatic heterocycles. The number of thiophene rings is 1. The van der Waals surface area contributed by atoms with Gasteiger partial charge >= 0.3 is 0 Å². The summed E-state index contributed by atoms with van der Waals surface area (Å²) in [7, 11) is 0. The summed E-state index contributed by atoms with van der Waals surface area (Å²) in [6, 6.07) is 52.1. The summed E-state index contributed by atoms with van der Waals surface area (Å²) in [4.78, 5) is 13.5. The molecule has 0 saturated heterocycles. The van der Waals surface area contributed by atoms with Crippen LogP contribution in [0, 0.1) is 0 Å². The lowest BCUT2D eigenvalue weighted by Crippen LogP contribution is -2.27. The number of aromatic nitrogens is 3. The van der Waals surface area contributed by atoms with E-state index in [-0.39, 0.29) is 12.0 Å². The van der Waals surface area contributed by atoms with Gasteiger partial charge in [0, 0.05) is 43.9 Å². The molecule has 9 aromatic rings. The van der Waals surface area contributed by atoms with Crippen molar-refractivity contribution in [2.24, 2.45) is 0 Å². The first-order chi connectivity index (χ1) is 24.3. The van der Waals surface area contributed by atoms with Gasteiger partial charge in [0.1, 0.15) is 0 Å². The Morgan fingerprint density at radius 1 is 0.592 bits per heavy atom. The second-order valence-corrected chi connectivity index (χ2v) is 13.9. The molecule has 3 aromatic heterocycles. The molecule has 6 aromatic carbocycles. The Kier molecular flexibility index (Phi) is 5.63. The third kappa shape index (κ3) is 3.79. The van der Waals surface area contributed by atoms with Crippen LogP contribution in [-0.2, 0) is 0 Å². The normalized spacial score (nSPS) is 16.4. The van der Waals surface area contributed by atoms with Gasteiger partial charge in [-0.15, -0.1) is 11.3 Å². The van der Waals surface area contributed by atoms with Gasteiger partial charge in [-0.1, -0.05) is 133 Å². The quantitative estimate of drug-likeness (QED) is 0.192. The van der Waals surface area contributed by atoms with Gasteiger partial charge in [0.25, 0.3) is 0 Å². The number of fused-ring (bicyclic) bond motifs is 12. The minimum atomic E-state index is -0.0446. The smallest absolute Gasteiger partial charge is 0.231 e. The lowest BCUT2D eigenvalue weighted by Gasteiger charge is -2.32. The number of para-hydroxylation sites is 3. The Morgan fingerprint density at radius 2 is 1.33 bits per heavy atom. The second-order valence-electron chi connectivity index (χ2n) is 12.9. The molecule has 4 nitrogen and oxygen atoms in total. The predicted molar refractivity (Wildman–Crippen MR) is 204 cm³/mol. The van der Waals surface area contributed by atoms with Crippen LogP contribution in [0.4, 0.5) is 11.6 Å². The lowest BCUT2D eigenvalue weighted by atomic mass is 9.86. The Hall–Kier alpha value is -6.04. The van der Waals surface area contributed by atoms with E-state index in [1.165, 1.54) is 48.6 Å². The van der Waals surface area contributed by atoms with Crippen LogP contribution in [-0.4, -0.2) is 14.5 Å². The molecule has 11 rings (SSSR count). The number of rotatable bonds is 3. The zero-order chi connectivity index (χ0) is 32.1. The van der Waals surface area contributed by atoms with Gasteiger partial charge in [-0.25, -0.2) is 9.97 Å². The van der Waals surface area contributed by atoms with Crippen molar-refractivity contribution in [3.8, 4) is 16.9 Å². The maximum atomic E-state index is 5.55. The minimum absolute atomic E-state index is 0.0446. The molecule has 0 N–H and O–H groups in total. The average molecular weight is 645 g/mol. The molecule has 49 heavy (non-hydrogen) atoms. The molecular weight excluding hydrogens is 617 g/mol. The molecule has 5 heteroatoms. The summed E-state index contributed by atoms with van der Waals surface area (Å²) in [5.41, 5.74) is 10.4. The second kappa shape index (κ2) is 10.2. The summed E-state index contributed by atoms with van der Waals surface area (Å²) >= 11 is 1.80. The van der Waals surface area contributed by atoms with E-state index in [0.717, 1.165) is 38.8 Å². The van der Waals surface area contributed by atoms with Crippen molar-refractivity contribution in [3.63, 3.8) is 0 Å². The Morgan fingerprint density at radius 3 is 2.20 bits per heavy atom. The van der Waals surface area contributed by atoms with Gasteiger partial charge in [0.05, 0.1) is 33.2 Å². The maximum absolute atomic E-state index is 5.55. The van der Waals surface area contributed by atoms with Crippen LogP contribution in [0.1, 0.15) is 28.8 Å². The first kappa shape index (κ1) is 27.0. The van der Waals surface area contributed by atoms with Crippen LogP contribution in [0.15, 0.2) is 152 Å². The first-order valence-corrected chi connectivity index (χ1v) is 17.6. The van der Waals surface area contributed by atoms with Crippen LogP contribution in [0.25, 0.3) is 65.0 Å². The molecule has 2 unspecified atom stereocenters. The van der Waals surface area contributed by atoms with E-state index in [2.05, 4.69) is 167 Å². The van der Waals surface area contributed by atoms with Crippen LogP contribution in [0.5, 0.6) is 0 Å². The topological polar surface area (TPSA) is 34.0 Å². The monoisotopic (exact) mass is 644 g/mol. The van der Waals surface area contributed by atoms with Crippen LogP contribution < -0.4 is 4.90 Å². The van der Waals surface area contributed by atoms with E-state index in [1.54, 1.807) is 11.3 Å². The summed E-state index contributed by atoms with van der Waals surface area (Å²) in [5.74, 6) is 0.864. The summed E-state index contributed by atoms with van der Waals surface area (Å²) in [6.07, 6.45) is 4.74. The maximum Gasteiger partial charge on any atom is 0.231 e. The van der Waals surface area contributed by atoms with Crippen LogP contribution >= 0.6 is 11.3 Å². The molecule has 2 aliphatic rings. The molecule has 0 saturated carbocycles. The standard InChI is InChI=1S/C44H28N4S/c1-3-14-28(15-4-1)38-43-39(35-24-23-27-13-7-8-18-30(27)42(35)49-43)46-44(45-38)48-37-22-12-10-20-32(37)34-26-25-33-31-19-9-11-21-36(31)47(40(33)41(34)48)29-16-5-2-6-17-29/h1-26,34,41H. The molecule has 1 aliphatic carbocycles. The van der Waals surface area contributed by atoms with E-state index < -0.39 is 0 Å². The number of anilines is 2. The van der Waals surface area contributed by atoms with Gasteiger partial charge in [-0.05, 0) is 40.6 Å². The Bertz CT molecular complexity index is 2790. The highest BCUT2D eigenvalue weighted by Crippen LogP contribution is 2.57. The van der Waals surface area contributed by atoms with Gasteiger partial charge in [-0.3, -0.25) is 0 Å². The van der Waals surface area contributed by atoms with Crippen molar-refractivity contribution in [1.82, 2.24) is 14.5 Å². The average Bonchev–Trinajstić information content (AvgIpc) is 3.83. The fourth-order valence-electron chi connectivity index (χ4n) is 8.27. The molecule has 0 fully saturated rings. The van der Waals surface area contributed by atoms with Crippen molar-refractivity contribution < 1.29 is 0 Å². The Balaban J connectivity index is 1.24. The van der Waals surface area contributed by atoms with E-state index in [0.29, 0.717) is 0 Å². The highest BCUT2D eigenvalue weighted by molar-refractivity contribution is 7.27. The largest absolute Gasteiger partial charge is 0.311 e. The molecule has 0 radical (unpaired) electrons. The summed E-state index contributed by atoms with van der Waals surface area (Å²) in [6.45, 7) is 0. The number of benzene rings is 6. The minimum Gasteiger partial charge on any atom is -0.311 e. The van der Waals surface area contributed by atoms with Gasteiger partial charge in [-0.2, -0.15) is 0 Å². The van der Waals surface area contributed by atoms with E-state index in [9.17, 15) is 0 Å². The van der Waals surface area contributed by atoms with Gasteiger partial charge in [0.15, 0.2) is 0 Å². The molecule has 0 spiro atoms. The van der Waals surface area contributed by atoms with Crippen molar-refractivity contribution in [2.75, 3.05) is 4.90 Å². The van der Waals surface area contributed by atoms with Crippen molar-refractivity contribution >= 4 is 71.0 Å². The van der Waals surface area contributed by atoms with Crippen molar-refractivity contribution in [2.45, 2.75) is 12.0 Å². The third-order valence-electron chi connectivity index (χ3n) is 10.3. The van der Waals surface area contributed by atoms with E-state index >= 15 is 0 Å². The molecule has 4 heterocycles. The fraction of sp³-hybridized carbons (Fsp3) is 0.0455. The SMILES string of the molecule is C1=CC2c3ccccc3N(c3nc(-c4ccccc4)c4sc5c6ccccc6ccc5c4n3)C2c2c1c1ccccc1n2-c1ccccc1. The molecule has 2 atom stereocenters. The number of nitrogens with zero attached hydrogens (tertiary/aromatic N) is 4. The van der Waals surface area contributed by atoms with E-state index in [1.807, 2.05) is 0 Å². The fourth-order valence-corrected chi connectivity index (χ4v) is 9.56. The predicted octanol–water partition coefficient (Wildman–Crippen LogP) is 11.6. The number of hydrogen-bond donors (Lipinski definition) is 0. The van der Waals surface area contributed by atoms with Crippen molar-refractivity contribution in [1.29, 1.82) is 0 Å². The van der Waals surface area contributed by atoms with Gasteiger partial charge in [0.2, 0.25) is 5.95 Å². The van der Waals surface area contributed by atoms with Crippen LogP contribution in [0.3, 0.4) is 0 Å². The lowest BCUT2D eigenvalue weighted by molar-refractivity contribution is 0.628. The Labute approximate surface area is 286 Å². The zero-order valence-corrected chi connectivity index (χ0v) is 27.2. The van der Waals surface area contributed by atoms with Gasteiger partial charge < -0.3 is 9.47 Å². The highest BCUT2D eigenvalue weighted by atomic mass is 32.1. The molecule has 0 bridgehead atoms. The van der Waals surface area contributed by atoms with E-state index in [4.69, 9.17) is 9.97 Å². The third-order valence-corrected chi connectivity index (χ3v) is 11.6. The molecule has 230 valence electrons. The number of hydrogen-bond acceptors (Lipinski definition) is 4. The first-order valence-electron chi connectivity index (χ1n) is 16.8. The van der Waals surface area contributed by atoms with Crippen LogP contribution in [0.2, 0.25) is 0 Å². The molecular formula is C44H28N4S. The summed E-state index contributed by atoms with van der Waals surface area (Å²) < 4.78 is 4.84. The summed E-state index contributed by atoms with van der Waals surface area (Å²) in [5, 5.41) is 4.92. The molecule has 0 amide bonds. The van der Waals surface area contributed by atoms with Crippen molar-refractivity contribution in [3.05, 3.63) is 168 Å². The zero-order valence-electron chi connectivity index (χ0n) is 26.4.